The minimum Gasteiger partial charge on any atom is -0.328 e. The maximum Gasteiger partial charge on any atom is 0.00226 e. The monoisotopic (exact) mass is 200 g/mol. The molecule has 2 heteroatoms. The molecule has 0 amide bonds. The average Bonchev–Trinajstić information content (AvgIpc) is 2.11. The van der Waals surface area contributed by atoms with E-state index in [1.807, 2.05) is 0 Å². The zero-order valence-corrected chi connectivity index (χ0v) is 10.4. The van der Waals surface area contributed by atoms with E-state index in [0.717, 1.165) is 18.9 Å². The third-order valence-corrected chi connectivity index (χ3v) is 2.64. The Morgan fingerprint density at radius 1 is 1.21 bits per heavy atom. The third kappa shape index (κ3) is 8.52. The number of hydrogen-bond acceptors (Lipinski definition) is 2. The zero-order valence-electron chi connectivity index (χ0n) is 10.4. The molecule has 0 heterocycles. The van der Waals surface area contributed by atoms with Gasteiger partial charge in [-0.3, -0.25) is 0 Å². The second kappa shape index (κ2) is 8.25. The smallest absolute Gasteiger partial charge is 0.00226 e. The largest absolute Gasteiger partial charge is 0.328 e. The van der Waals surface area contributed by atoms with Crippen LogP contribution in [0.2, 0.25) is 0 Å². The van der Waals surface area contributed by atoms with Gasteiger partial charge in [0.2, 0.25) is 0 Å². The van der Waals surface area contributed by atoms with E-state index in [-0.39, 0.29) is 0 Å². The van der Waals surface area contributed by atoms with Crippen LogP contribution in [-0.2, 0) is 0 Å². The van der Waals surface area contributed by atoms with Crippen LogP contribution in [0.5, 0.6) is 0 Å². The van der Waals surface area contributed by atoms with Crippen LogP contribution < -0.4 is 5.73 Å². The van der Waals surface area contributed by atoms with Gasteiger partial charge in [0.05, 0.1) is 0 Å². The van der Waals surface area contributed by atoms with Crippen LogP contribution in [0.25, 0.3) is 0 Å². The third-order valence-electron chi connectivity index (χ3n) is 2.64. The lowest BCUT2D eigenvalue weighted by Gasteiger charge is -2.21. The Balaban J connectivity index is 3.44. The summed E-state index contributed by atoms with van der Waals surface area (Å²) in [4.78, 5) is 2.41. The Kier molecular flexibility index (Phi) is 8.20. The maximum atomic E-state index is 5.73. The molecule has 2 atom stereocenters. The number of nitrogens with two attached hydrogens (primary N) is 1. The number of hydrogen-bond donors (Lipinski definition) is 1. The fourth-order valence-electron chi connectivity index (χ4n) is 1.69. The van der Waals surface area contributed by atoms with Gasteiger partial charge in [0.1, 0.15) is 0 Å². The summed E-state index contributed by atoms with van der Waals surface area (Å²) < 4.78 is 0. The molecule has 0 aliphatic carbocycles. The minimum absolute atomic E-state index is 0.336. The van der Waals surface area contributed by atoms with Crippen molar-refractivity contribution in [2.24, 2.45) is 11.7 Å². The first kappa shape index (κ1) is 13.9. The standard InChI is InChI=1S/C12H28N2/c1-5-6-7-11(2)10-14(4)9-8-12(3)13/h11-12H,5-10,13H2,1-4H3. The van der Waals surface area contributed by atoms with E-state index in [1.165, 1.54) is 25.8 Å². The molecule has 0 saturated carbocycles. The Bertz CT molecular complexity index is 123. The van der Waals surface area contributed by atoms with Crippen LogP contribution in [0.4, 0.5) is 0 Å². The van der Waals surface area contributed by atoms with Gasteiger partial charge in [-0.05, 0) is 39.3 Å². The molecule has 2 N–H and O–H groups in total. The van der Waals surface area contributed by atoms with Gasteiger partial charge < -0.3 is 10.6 Å². The molecule has 0 saturated heterocycles. The molecule has 0 aliphatic rings. The molecule has 14 heavy (non-hydrogen) atoms. The van der Waals surface area contributed by atoms with Crippen molar-refractivity contribution in [3.05, 3.63) is 0 Å². The predicted molar refractivity (Wildman–Crippen MR) is 64.5 cm³/mol. The van der Waals surface area contributed by atoms with Crippen LogP contribution in [0.3, 0.4) is 0 Å². The summed E-state index contributed by atoms with van der Waals surface area (Å²) in [5, 5.41) is 0. The highest BCUT2D eigenvalue weighted by molar-refractivity contribution is 4.62. The first-order valence-corrected chi connectivity index (χ1v) is 6.00. The van der Waals surface area contributed by atoms with Gasteiger partial charge in [0.15, 0.2) is 0 Å². The Labute approximate surface area is 89.9 Å². The quantitative estimate of drug-likeness (QED) is 0.652. The van der Waals surface area contributed by atoms with Gasteiger partial charge >= 0.3 is 0 Å². The van der Waals surface area contributed by atoms with Crippen molar-refractivity contribution in [1.29, 1.82) is 0 Å². The van der Waals surface area contributed by atoms with Gasteiger partial charge in [-0.1, -0.05) is 26.7 Å². The molecule has 2 unspecified atom stereocenters. The van der Waals surface area contributed by atoms with Crippen molar-refractivity contribution in [2.75, 3.05) is 20.1 Å². The van der Waals surface area contributed by atoms with Gasteiger partial charge in [-0.2, -0.15) is 0 Å². The van der Waals surface area contributed by atoms with Crippen molar-refractivity contribution >= 4 is 0 Å². The molecule has 0 rings (SSSR count). The van der Waals surface area contributed by atoms with Gasteiger partial charge in [-0.15, -0.1) is 0 Å². The summed E-state index contributed by atoms with van der Waals surface area (Å²) in [5.74, 6) is 0.827. The summed E-state index contributed by atoms with van der Waals surface area (Å²) in [6, 6.07) is 0.336. The van der Waals surface area contributed by atoms with E-state index in [2.05, 4.69) is 32.7 Å². The first-order chi connectivity index (χ1) is 6.56. The van der Waals surface area contributed by atoms with E-state index in [0.29, 0.717) is 6.04 Å². The van der Waals surface area contributed by atoms with E-state index < -0.39 is 0 Å². The van der Waals surface area contributed by atoms with Crippen LogP contribution in [-0.4, -0.2) is 31.1 Å². The van der Waals surface area contributed by atoms with Crippen LogP contribution >= 0.6 is 0 Å². The van der Waals surface area contributed by atoms with Crippen LogP contribution in [0.1, 0.15) is 46.5 Å². The Hall–Kier alpha value is -0.0800. The lowest BCUT2D eigenvalue weighted by molar-refractivity contribution is 0.267. The fourth-order valence-corrected chi connectivity index (χ4v) is 1.69. The predicted octanol–water partition coefficient (Wildman–Crippen LogP) is 2.48. The number of rotatable bonds is 8. The summed E-state index contributed by atoms with van der Waals surface area (Å²) in [5.41, 5.74) is 5.73. The van der Waals surface area contributed by atoms with Crippen molar-refractivity contribution in [3.8, 4) is 0 Å². The van der Waals surface area contributed by atoms with Crippen molar-refractivity contribution in [3.63, 3.8) is 0 Å². The normalized spacial score (nSPS) is 15.9. The molecule has 0 spiro atoms. The molecule has 0 bridgehead atoms. The molecule has 0 aromatic carbocycles. The fraction of sp³-hybridized carbons (Fsp3) is 1.00. The molecular weight excluding hydrogens is 172 g/mol. The molecule has 0 aromatic heterocycles. The van der Waals surface area contributed by atoms with Crippen molar-refractivity contribution in [2.45, 2.75) is 52.5 Å². The highest BCUT2D eigenvalue weighted by Gasteiger charge is 2.06. The molecule has 0 radical (unpaired) electrons. The van der Waals surface area contributed by atoms with Crippen LogP contribution in [0, 0.1) is 5.92 Å². The molecule has 0 aromatic rings. The molecule has 2 nitrogen and oxygen atoms in total. The highest BCUT2D eigenvalue weighted by Crippen LogP contribution is 2.08. The summed E-state index contributed by atoms with van der Waals surface area (Å²) in [6.45, 7) is 9.03. The van der Waals surface area contributed by atoms with Crippen LogP contribution in [0.15, 0.2) is 0 Å². The summed E-state index contributed by atoms with van der Waals surface area (Å²) >= 11 is 0. The number of nitrogens with zero attached hydrogens (tertiary/aromatic N) is 1. The van der Waals surface area contributed by atoms with Crippen molar-refractivity contribution < 1.29 is 0 Å². The average molecular weight is 200 g/mol. The van der Waals surface area contributed by atoms with E-state index in [1.54, 1.807) is 0 Å². The van der Waals surface area contributed by atoms with Gasteiger partial charge in [0, 0.05) is 12.6 Å². The Morgan fingerprint density at radius 3 is 2.36 bits per heavy atom. The first-order valence-electron chi connectivity index (χ1n) is 6.00. The van der Waals surface area contributed by atoms with Gasteiger partial charge in [0.25, 0.3) is 0 Å². The van der Waals surface area contributed by atoms with Gasteiger partial charge in [-0.25, -0.2) is 0 Å². The van der Waals surface area contributed by atoms with E-state index in [9.17, 15) is 0 Å². The van der Waals surface area contributed by atoms with E-state index in [4.69, 9.17) is 5.73 Å². The summed E-state index contributed by atoms with van der Waals surface area (Å²) in [7, 11) is 2.20. The zero-order chi connectivity index (χ0) is 11.0. The second-order valence-electron chi connectivity index (χ2n) is 4.78. The van der Waals surface area contributed by atoms with Crippen molar-refractivity contribution in [1.82, 2.24) is 4.90 Å². The highest BCUT2D eigenvalue weighted by atomic mass is 15.1. The lowest BCUT2D eigenvalue weighted by atomic mass is 10.0. The second-order valence-corrected chi connectivity index (χ2v) is 4.78. The minimum atomic E-state index is 0.336. The summed E-state index contributed by atoms with van der Waals surface area (Å²) in [6.07, 6.45) is 5.15. The maximum absolute atomic E-state index is 5.73. The molecule has 0 aliphatic heterocycles. The topological polar surface area (TPSA) is 29.3 Å². The molecular formula is C12H28N2. The number of unbranched alkanes of at least 4 members (excludes halogenated alkanes) is 1. The lowest BCUT2D eigenvalue weighted by Crippen LogP contribution is -2.29. The SMILES string of the molecule is CCCCC(C)CN(C)CCC(C)N. The molecule has 86 valence electrons. The molecule has 0 fully saturated rings. The Morgan fingerprint density at radius 2 is 1.86 bits per heavy atom. The van der Waals surface area contributed by atoms with E-state index >= 15 is 0 Å².